The number of aryl methyl sites for hydroxylation is 1. The van der Waals surface area contributed by atoms with Gasteiger partial charge in [0.05, 0.1) is 11.4 Å². The van der Waals surface area contributed by atoms with Crippen molar-refractivity contribution in [2.75, 3.05) is 29.9 Å². The molecule has 1 heterocycles. The highest BCUT2D eigenvalue weighted by Crippen LogP contribution is 2.31. The molecule has 2 aromatic carbocycles. The fourth-order valence-corrected chi connectivity index (χ4v) is 4.39. The topological polar surface area (TPSA) is 75.7 Å². The van der Waals surface area contributed by atoms with Crippen molar-refractivity contribution in [3.05, 3.63) is 59.2 Å². The Morgan fingerprint density at radius 3 is 2.73 bits per heavy atom. The van der Waals surface area contributed by atoms with Crippen LogP contribution >= 0.6 is 0 Å². The standard InChI is InChI=1S/C19H22N2O4S/c1-14-5-3-4-6-16(14)13-26(23,24)20-17-8-7-15-9-10-21(18(15)11-17)19(22)12-25-2/h3-8,11,20H,9-10,12-13H2,1-2H3. The number of ether oxygens (including phenoxy) is 1. The molecule has 0 fully saturated rings. The first kappa shape index (κ1) is 18.4. The first-order valence-electron chi connectivity index (χ1n) is 8.37. The van der Waals surface area contributed by atoms with Crippen LogP contribution < -0.4 is 9.62 Å². The summed E-state index contributed by atoms with van der Waals surface area (Å²) in [4.78, 5) is 13.8. The van der Waals surface area contributed by atoms with Gasteiger partial charge in [0.1, 0.15) is 6.61 Å². The molecule has 0 unspecified atom stereocenters. The molecule has 1 aliphatic rings. The summed E-state index contributed by atoms with van der Waals surface area (Å²) in [5.41, 5.74) is 3.91. The van der Waals surface area contributed by atoms with E-state index in [1.54, 1.807) is 17.0 Å². The normalized spacial score (nSPS) is 13.5. The summed E-state index contributed by atoms with van der Waals surface area (Å²) >= 11 is 0. The molecule has 0 spiro atoms. The Kier molecular flexibility index (Phi) is 5.29. The van der Waals surface area contributed by atoms with Gasteiger partial charge >= 0.3 is 0 Å². The predicted molar refractivity (Wildman–Crippen MR) is 102 cm³/mol. The van der Waals surface area contributed by atoms with Crippen LogP contribution in [-0.2, 0) is 31.7 Å². The van der Waals surface area contributed by atoms with Crippen LogP contribution in [0.5, 0.6) is 0 Å². The lowest BCUT2D eigenvalue weighted by Gasteiger charge is -2.18. The van der Waals surface area contributed by atoms with Gasteiger partial charge in [-0.15, -0.1) is 0 Å². The van der Waals surface area contributed by atoms with E-state index >= 15 is 0 Å². The number of hydrogen-bond acceptors (Lipinski definition) is 4. The average Bonchev–Trinajstić information content (AvgIpc) is 3.00. The van der Waals surface area contributed by atoms with Crippen LogP contribution in [0.3, 0.4) is 0 Å². The lowest BCUT2D eigenvalue weighted by atomic mass is 10.1. The van der Waals surface area contributed by atoms with Crippen LogP contribution in [-0.4, -0.2) is 34.6 Å². The van der Waals surface area contributed by atoms with Crippen molar-refractivity contribution in [3.8, 4) is 0 Å². The number of nitrogens with zero attached hydrogens (tertiary/aromatic N) is 1. The summed E-state index contributed by atoms with van der Waals surface area (Å²) in [5, 5.41) is 0. The summed E-state index contributed by atoms with van der Waals surface area (Å²) in [6.07, 6.45) is 0.751. The zero-order chi connectivity index (χ0) is 18.7. The Morgan fingerprint density at radius 2 is 2.00 bits per heavy atom. The molecule has 0 saturated carbocycles. The molecule has 6 nitrogen and oxygen atoms in total. The minimum Gasteiger partial charge on any atom is -0.375 e. The number of hydrogen-bond donors (Lipinski definition) is 1. The van der Waals surface area contributed by atoms with Crippen LogP contribution in [0.4, 0.5) is 11.4 Å². The number of sulfonamides is 1. The molecule has 0 aliphatic carbocycles. The summed E-state index contributed by atoms with van der Waals surface area (Å²) < 4.78 is 32.6. The number of fused-ring (bicyclic) bond motifs is 1. The molecule has 3 rings (SSSR count). The van der Waals surface area contributed by atoms with E-state index in [1.807, 2.05) is 37.3 Å². The largest absolute Gasteiger partial charge is 0.375 e. The number of amides is 1. The first-order chi connectivity index (χ1) is 12.4. The van der Waals surface area contributed by atoms with E-state index < -0.39 is 10.0 Å². The van der Waals surface area contributed by atoms with Gasteiger partial charge in [0.25, 0.3) is 5.91 Å². The third-order valence-corrected chi connectivity index (χ3v) is 5.67. The Labute approximate surface area is 153 Å². The predicted octanol–water partition coefficient (Wildman–Crippen LogP) is 2.47. The fourth-order valence-electron chi connectivity index (χ4n) is 3.10. The molecule has 1 aliphatic heterocycles. The molecule has 0 aromatic heterocycles. The number of carbonyl (C=O) groups excluding carboxylic acids is 1. The van der Waals surface area contributed by atoms with E-state index in [0.717, 1.165) is 28.8 Å². The van der Waals surface area contributed by atoms with Gasteiger partial charge in [0.2, 0.25) is 10.0 Å². The summed E-state index contributed by atoms with van der Waals surface area (Å²) in [5.74, 6) is -0.227. The van der Waals surface area contributed by atoms with Gasteiger partial charge in [-0.1, -0.05) is 30.3 Å². The molecule has 0 saturated heterocycles. The van der Waals surface area contributed by atoms with Crippen molar-refractivity contribution in [3.63, 3.8) is 0 Å². The number of anilines is 2. The molecule has 0 radical (unpaired) electrons. The summed E-state index contributed by atoms with van der Waals surface area (Å²) in [6, 6.07) is 12.7. The second-order valence-electron chi connectivity index (χ2n) is 6.36. The van der Waals surface area contributed by atoms with E-state index in [0.29, 0.717) is 12.2 Å². The van der Waals surface area contributed by atoms with E-state index in [1.165, 1.54) is 7.11 Å². The second kappa shape index (κ2) is 7.47. The van der Waals surface area contributed by atoms with E-state index in [9.17, 15) is 13.2 Å². The number of carbonyl (C=O) groups is 1. The van der Waals surface area contributed by atoms with Gasteiger partial charge in [-0.2, -0.15) is 0 Å². The Hall–Kier alpha value is -2.38. The SMILES string of the molecule is COCC(=O)N1CCc2ccc(NS(=O)(=O)Cc3ccccc3C)cc21. The highest BCUT2D eigenvalue weighted by Gasteiger charge is 2.25. The van der Waals surface area contributed by atoms with Gasteiger partial charge < -0.3 is 9.64 Å². The highest BCUT2D eigenvalue weighted by atomic mass is 32.2. The number of methoxy groups -OCH3 is 1. The van der Waals surface area contributed by atoms with Gasteiger partial charge in [-0.05, 0) is 42.2 Å². The monoisotopic (exact) mass is 374 g/mol. The maximum absolute atomic E-state index is 12.5. The molecule has 138 valence electrons. The van der Waals surface area contributed by atoms with Gasteiger partial charge in [0, 0.05) is 19.3 Å². The molecular formula is C19H22N2O4S. The van der Waals surface area contributed by atoms with E-state index in [-0.39, 0.29) is 18.3 Å². The smallest absolute Gasteiger partial charge is 0.252 e. The van der Waals surface area contributed by atoms with Crippen LogP contribution in [0.25, 0.3) is 0 Å². The maximum atomic E-state index is 12.5. The van der Waals surface area contributed by atoms with Crippen LogP contribution in [0.15, 0.2) is 42.5 Å². The van der Waals surface area contributed by atoms with Gasteiger partial charge in [-0.25, -0.2) is 8.42 Å². The fraction of sp³-hybridized carbons (Fsp3) is 0.316. The van der Waals surface area contributed by atoms with Crippen LogP contribution in [0.2, 0.25) is 0 Å². The third-order valence-electron chi connectivity index (χ3n) is 4.43. The zero-order valence-electron chi connectivity index (χ0n) is 14.9. The lowest BCUT2D eigenvalue weighted by molar-refractivity contribution is -0.122. The number of benzene rings is 2. The molecular weight excluding hydrogens is 352 g/mol. The van der Waals surface area contributed by atoms with Crippen molar-refractivity contribution in [2.45, 2.75) is 19.1 Å². The molecule has 2 aromatic rings. The second-order valence-corrected chi connectivity index (χ2v) is 8.08. The van der Waals surface area contributed by atoms with Crippen molar-refractivity contribution < 1.29 is 17.9 Å². The number of nitrogens with one attached hydrogen (secondary N) is 1. The van der Waals surface area contributed by atoms with Crippen molar-refractivity contribution in [1.29, 1.82) is 0 Å². The lowest BCUT2D eigenvalue weighted by Crippen LogP contribution is -2.32. The summed E-state index contributed by atoms with van der Waals surface area (Å²) in [7, 11) is -2.08. The molecule has 7 heteroatoms. The van der Waals surface area contributed by atoms with Crippen molar-refractivity contribution >= 4 is 27.3 Å². The first-order valence-corrected chi connectivity index (χ1v) is 10.0. The van der Waals surface area contributed by atoms with E-state index in [4.69, 9.17) is 4.74 Å². The van der Waals surface area contributed by atoms with Crippen LogP contribution in [0, 0.1) is 6.92 Å². The maximum Gasteiger partial charge on any atom is 0.252 e. The molecule has 0 atom stereocenters. The van der Waals surface area contributed by atoms with Crippen molar-refractivity contribution in [1.82, 2.24) is 0 Å². The number of rotatable bonds is 6. The van der Waals surface area contributed by atoms with E-state index in [2.05, 4.69) is 4.72 Å². The van der Waals surface area contributed by atoms with Gasteiger partial charge in [0.15, 0.2) is 0 Å². The van der Waals surface area contributed by atoms with Crippen LogP contribution in [0.1, 0.15) is 16.7 Å². The molecule has 0 bridgehead atoms. The Bertz CT molecular complexity index is 925. The Morgan fingerprint density at radius 1 is 1.23 bits per heavy atom. The molecule has 26 heavy (non-hydrogen) atoms. The molecule has 1 N–H and O–H groups in total. The Balaban J connectivity index is 1.80. The summed E-state index contributed by atoms with van der Waals surface area (Å²) in [6.45, 7) is 2.47. The highest BCUT2D eigenvalue weighted by molar-refractivity contribution is 7.91. The van der Waals surface area contributed by atoms with Crippen molar-refractivity contribution in [2.24, 2.45) is 0 Å². The quantitative estimate of drug-likeness (QED) is 0.843. The third kappa shape index (κ3) is 4.05. The van der Waals surface area contributed by atoms with Gasteiger partial charge in [-0.3, -0.25) is 9.52 Å². The molecule has 1 amide bonds. The minimum atomic E-state index is -3.55. The zero-order valence-corrected chi connectivity index (χ0v) is 15.7. The minimum absolute atomic E-state index is 0.00266. The average molecular weight is 374 g/mol.